The Morgan fingerprint density at radius 3 is 2.39 bits per heavy atom. The number of esters is 1. The molecular formula is C22H25NO5. The first-order valence-electron chi connectivity index (χ1n) is 9.36. The first-order valence-corrected chi connectivity index (χ1v) is 9.36. The Morgan fingerprint density at radius 1 is 1.04 bits per heavy atom. The number of hydrogen-bond acceptors (Lipinski definition) is 5. The molecule has 3 rings (SSSR count). The van der Waals surface area contributed by atoms with Gasteiger partial charge in [0.15, 0.2) is 18.1 Å². The average Bonchev–Trinajstić information content (AvgIpc) is 2.70. The lowest BCUT2D eigenvalue weighted by Crippen LogP contribution is -2.35. The number of nitrogens with one attached hydrogen (secondary N) is 1. The highest BCUT2D eigenvalue weighted by Gasteiger charge is 2.22. The van der Waals surface area contributed by atoms with Crippen molar-refractivity contribution < 1.29 is 23.8 Å². The molecule has 1 aliphatic rings. The van der Waals surface area contributed by atoms with Crippen LogP contribution < -0.4 is 14.8 Å². The van der Waals surface area contributed by atoms with Crippen LogP contribution in [-0.4, -0.2) is 31.7 Å². The van der Waals surface area contributed by atoms with Gasteiger partial charge >= 0.3 is 5.97 Å². The maximum absolute atomic E-state index is 12.4. The van der Waals surface area contributed by atoms with Gasteiger partial charge < -0.3 is 19.5 Å². The number of carbonyl (C=O) groups is 2. The fourth-order valence-electron chi connectivity index (χ4n) is 3.01. The lowest BCUT2D eigenvalue weighted by atomic mass is 9.95. The molecule has 0 aliphatic carbocycles. The topological polar surface area (TPSA) is 73.9 Å². The van der Waals surface area contributed by atoms with E-state index in [4.69, 9.17) is 14.2 Å². The van der Waals surface area contributed by atoms with Gasteiger partial charge in [0.1, 0.15) is 13.2 Å². The van der Waals surface area contributed by atoms with E-state index in [0.717, 1.165) is 11.1 Å². The first kappa shape index (κ1) is 19.7. The Hall–Kier alpha value is -3.02. The molecule has 0 saturated carbocycles. The van der Waals surface area contributed by atoms with Crippen LogP contribution in [0, 0.1) is 12.8 Å². The van der Waals surface area contributed by atoms with Gasteiger partial charge in [0, 0.05) is 0 Å². The molecule has 2 aromatic rings. The number of aryl methyl sites for hydroxylation is 1. The third-order valence-corrected chi connectivity index (χ3v) is 4.53. The molecule has 1 aliphatic heterocycles. The van der Waals surface area contributed by atoms with Crippen molar-refractivity contribution in [3.05, 3.63) is 59.2 Å². The van der Waals surface area contributed by atoms with E-state index in [2.05, 4.69) is 5.32 Å². The smallest absolute Gasteiger partial charge is 0.338 e. The molecule has 1 N–H and O–H groups in total. The maximum atomic E-state index is 12.4. The molecule has 1 atom stereocenters. The molecule has 6 nitrogen and oxygen atoms in total. The Morgan fingerprint density at radius 2 is 1.71 bits per heavy atom. The quantitative estimate of drug-likeness (QED) is 0.774. The van der Waals surface area contributed by atoms with E-state index in [-0.39, 0.29) is 24.5 Å². The summed E-state index contributed by atoms with van der Waals surface area (Å²) in [4.78, 5) is 24.4. The minimum atomic E-state index is -0.518. The van der Waals surface area contributed by atoms with E-state index in [9.17, 15) is 9.59 Å². The number of ether oxygens (including phenoxy) is 3. The zero-order valence-electron chi connectivity index (χ0n) is 16.4. The van der Waals surface area contributed by atoms with Crippen LogP contribution in [-0.2, 0) is 9.53 Å². The molecule has 6 heteroatoms. The molecule has 1 heterocycles. The van der Waals surface area contributed by atoms with Gasteiger partial charge in [0.25, 0.3) is 5.91 Å². The van der Waals surface area contributed by atoms with Crippen molar-refractivity contribution in [2.75, 3.05) is 19.8 Å². The van der Waals surface area contributed by atoms with Crippen molar-refractivity contribution >= 4 is 11.9 Å². The van der Waals surface area contributed by atoms with Gasteiger partial charge in [-0.1, -0.05) is 37.6 Å². The molecule has 28 heavy (non-hydrogen) atoms. The zero-order chi connectivity index (χ0) is 20.1. The predicted octanol–water partition coefficient (Wildman–Crippen LogP) is 3.44. The standard InChI is InChI=1S/C22H25NO5/c1-14(2)21(17-8-9-18-19(12-17)27-11-10-26-18)23-20(24)13-28-22(25)16-6-4-15(3)5-7-16/h4-9,12,14,21H,10-11,13H2,1-3H3,(H,23,24)/t21-/m0/s1. The van der Waals surface area contributed by atoms with E-state index in [1.54, 1.807) is 12.1 Å². The summed E-state index contributed by atoms with van der Waals surface area (Å²) in [6.45, 7) is 6.67. The molecule has 0 bridgehead atoms. The van der Waals surface area contributed by atoms with E-state index >= 15 is 0 Å². The van der Waals surface area contributed by atoms with Gasteiger partial charge in [0.2, 0.25) is 0 Å². The predicted molar refractivity (Wildman–Crippen MR) is 105 cm³/mol. The van der Waals surface area contributed by atoms with Crippen molar-refractivity contribution in [2.24, 2.45) is 5.92 Å². The van der Waals surface area contributed by atoms with Crippen molar-refractivity contribution in [3.63, 3.8) is 0 Å². The van der Waals surface area contributed by atoms with Gasteiger partial charge in [-0.15, -0.1) is 0 Å². The Balaban J connectivity index is 1.61. The van der Waals surface area contributed by atoms with Gasteiger partial charge in [0.05, 0.1) is 11.6 Å². The number of benzene rings is 2. The fraction of sp³-hybridized carbons (Fsp3) is 0.364. The van der Waals surface area contributed by atoms with Crippen molar-refractivity contribution in [2.45, 2.75) is 26.8 Å². The molecule has 0 radical (unpaired) electrons. The summed E-state index contributed by atoms with van der Waals surface area (Å²) in [6.07, 6.45) is 0. The average molecular weight is 383 g/mol. The molecule has 0 fully saturated rings. The van der Waals surface area contributed by atoms with Crippen LogP contribution in [0.15, 0.2) is 42.5 Å². The highest BCUT2D eigenvalue weighted by Crippen LogP contribution is 2.34. The molecule has 0 unspecified atom stereocenters. The second-order valence-electron chi connectivity index (χ2n) is 7.13. The summed E-state index contributed by atoms with van der Waals surface area (Å²) in [5, 5.41) is 2.94. The van der Waals surface area contributed by atoms with Crippen molar-refractivity contribution in [1.82, 2.24) is 5.32 Å². The molecule has 0 aromatic heterocycles. The second-order valence-corrected chi connectivity index (χ2v) is 7.13. The number of fused-ring (bicyclic) bond motifs is 1. The SMILES string of the molecule is Cc1ccc(C(=O)OCC(=O)N[C@H](c2ccc3c(c2)OCCO3)C(C)C)cc1. The van der Waals surface area contributed by atoms with Crippen molar-refractivity contribution in [3.8, 4) is 11.5 Å². The Labute approximate surface area is 164 Å². The molecule has 0 spiro atoms. The first-order chi connectivity index (χ1) is 13.4. The minimum Gasteiger partial charge on any atom is -0.486 e. The van der Waals surface area contributed by atoms with E-state index in [0.29, 0.717) is 30.3 Å². The highest BCUT2D eigenvalue weighted by atomic mass is 16.6. The normalized spacial score (nSPS) is 13.7. The van der Waals surface area contributed by atoms with Crippen LogP contribution in [0.1, 0.15) is 41.4 Å². The second kappa shape index (κ2) is 8.78. The molecule has 148 valence electrons. The van der Waals surface area contributed by atoms with E-state index in [1.165, 1.54) is 0 Å². The van der Waals surface area contributed by atoms with Gasteiger partial charge in [-0.25, -0.2) is 4.79 Å². The lowest BCUT2D eigenvalue weighted by molar-refractivity contribution is -0.125. The summed E-state index contributed by atoms with van der Waals surface area (Å²) in [7, 11) is 0. The van der Waals surface area contributed by atoms with Crippen LogP contribution in [0.5, 0.6) is 11.5 Å². The van der Waals surface area contributed by atoms with Crippen LogP contribution in [0.3, 0.4) is 0 Å². The highest BCUT2D eigenvalue weighted by molar-refractivity contribution is 5.91. The van der Waals surface area contributed by atoms with E-state index in [1.807, 2.05) is 51.1 Å². The number of carbonyl (C=O) groups excluding carboxylic acids is 2. The summed E-state index contributed by atoms with van der Waals surface area (Å²) in [5.74, 6) is 0.647. The summed E-state index contributed by atoms with van der Waals surface area (Å²) in [5.41, 5.74) is 2.39. The monoisotopic (exact) mass is 383 g/mol. The third-order valence-electron chi connectivity index (χ3n) is 4.53. The number of amides is 1. The van der Waals surface area contributed by atoms with E-state index < -0.39 is 5.97 Å². The van der Waals surface area contributed by atoms with Crippen molar-refractivity contribution in [1.29, 1.82) is 0 Å². The van der Waals surface area contributed by atoms with Gasteiger partial charge in [-0.3, -0.25) is 4.79 Å². The van der Waals surface area contributed by atoms with Gasteiger partial charge in [-0.05, 0) is 42.7 Å². The summed E-state index contributed by atoms with van der Waals surface area (Å²) >= 11 is 0. The van der Waals surface area contributed by atoms with Gasteiger partial charge in [-0.2, -0.15) is 0 Å². The van der Waals surface area contributed by atoms with Crippen LogP contribution >= 0.6 is 0 Å². The molecule has 2 aromatic carbocycles. The van der Waals surface area contributed by atoms with Crippen LogP contribution in [0.4, 0.5) is 0 Å². The summed E-state index contributed by atoms with van der Waals surface area (Å²) < 4.78 is 16.3. The number of hydrogen-bond donors (Lipinski definition) is 1. The minimum absolute atomic E-state index is 0.138. The third kappa shape index (κ3) is 4.82. The zero-order valence-corrected chi connectivity index (χ0v) is 16.4. The molecular weight excluding hydrogens is 358 g/mol. The van der Waals surface area contributed by atoms with Crippen LogP contribution in [0.25, 0.3) is 0 Å². The Kier molecular flexibility index (Phi) is 6.19. The Bertz CT molecular complexity index is 845. The summed E-state index contributed by atoms with van der Waals surface area (Å²) in [6, 6.07) is 12.4. The largest absolute Gasteiger partial charge is 0.486 e. The lowest BCUT2D eigenvalue weighted by Gasteiger charge is -2.25. The maximum Gasteiger partial charge on any atom is 0.338 e. The fourth-order valence-corrected chi connectivity index (χ4v) is 3.01. The molecule has 0 saturated heterocycles. The molecule has 1 amide bonds. The number of rotatable bonds is 6. The van der Waals surface area contributed by atoms with Crippen LogP contribution in [0.2, 0.25) is 0 Å².